The van der Waals surface area contributed by atoms with Crippen LogP contribution < -0.4 is 0 Å². The van der Waals surface area contributed by atoms with Crippen molar-refractivity contribution in [1.82, 2.24) is 4.31 Å². The molecule has 1 rings (SSSR count). The van der Waals surface area contributed by atoms with Crippen LogP contribution in [0.2, 0.25) is 0 Å². The first-order valence-corrected chi connectivity index (χ1v) is 4.87. The van der Waals surface area contributed by atoms with Gasteiger partial charge in [-0.15, -0.1) is 0 Å². The zero-order chi connectivity index (χ0) is 8.32. The molecule has 3 heteroatoms. The summed E-state index contributed by atoms with van der Waals surface area (Å²) in [5.74, 6) is 0. The van der Waals surface area contributed by atoms with Crippen LogP contribution in [0, 0.1) is 0 Å². The second kappa shape index (κ2) is 3.78. The molecule has 1 fully saturated rings. The predicted molar refractivity (Wildman–Crippen MR) is 49.7 cm³/mol. The number of morpholine rings is 1. The molecule has 0 radical (unpaired) electrons. The highest BCUT2D eigenvalue weighted by Crippen LogP contribution is 2.27. The molecule has 1 heterocycles. The SMILES string of the molecule is CC(C)(C)SN1CCOCC1. The van der Waals surface area contributed by atoms with Crippen molar-refractivity contribution < 1.29 is 4.74 Å². The first kappa shape index (κ1) is 9.36. The molecule has 0 saturated carbocycles. The monoisotopic (exact) mass is 175 g/mol. The number of rotatable bonds is 1. The van der Waals surface area contributed by atoms with Gasteiger partial charge in [0.05, 0.1) is 13.2 Å². The molecule has 0 atom stereocenters. The van der Waals surface area contributed by atoms with Gasteiger partial charge >= 0.3 is 0 Å². The van der Waals surface area contributed by atoms with E-state index in [1.165, 1.54) is 0 Å². The van der Waals surface area contributed by atoms with Gasteiger partial charge in [-0.1, -0.05) is 11.9 Å². The topological polar surface area (TPSA) is 12.5 Å². The Labute approximate surface area is 73.4 Å². The summed E-state index contributed by atoms with van der Waals surface area (Å²) in [6, 6.07) is 0. The molecular weight excluding hydrogens is 158 g/mol. The molecule has 1 aliphatic heterocycles. The maximum atomic E-state index is 5.26. The number of nitrogens with zero attached hydrogens (tertiary/aromatic N) is 1. The van der Waals surface area contributed by atoms with Crippen molar-refractivity contribution in [3.63, 3.8) is 0 Å². The predicted octanol–water partition coefficient (Wildman–Crippen LogP) is 1.77. The third kappa shape index (κ3) is 3.99. The molecule has 0 amide bonds. The standard InChI is InChI=1S/C8H17NOS/c1-8(2,3)11-9-4-6-10-7-5-9/h4-7H2,1-3H3. The molecule has 0 aromatic carbocycles. The van der Waals surface area contributed by atoms with Crippen LogP contribution in [0.15, 0.2) is 0 Å². The van der Waals surface area contributed by atoms with Crippen LogP contribution >= 0.6 is 11.9 Å². The van der Waals surface area contributed by atoms with Gasteiger partial charge in [0, 0.05) is 17.8 Å². The molecule has 0 unspecified atom stereocenters. The van der Waals surface area contributed by atoms with Crippen molar-refractivity contribution >= 4 is 11.9 Å². The van der Waals surface area contributed by atoms with E-state index in [2.05, 4.69) is 25.1 Å². The Bertz CT molecular complexity index is 116. The molecule has 0 N–H and O–H groups in total. The van der Waals surface area contributed by atoms with Crippen LogP contribution in [0.1, 0.15) is 20.8 Å². The second-order valence-corrected chi connectivity index (χ2v) is 5.67. The zero-order valence-electron chi connectivity index (χ0n) is 7.59. The molecule has 0 aromatic heterocycles. The molecule has 2 nitrogen and oxygen atoms in total. The lowest BCUT2D eigenvalue weighted by atomic mass is 10.3. The quantitative estimate of drug-likeness (QED) is 0.564. The first-order valence-electron chi connectivity index (χ1n) is 4.10. The third-order valence-electron chi connectivity index (χ3n) is 1.37. The fraction of sp³-hybridized carbons (Fsp3) is 1.00. The van der Waals surface area contributed by atoms with Crippen LogP contribution in [0.25, 0.3) is 0 Å². The highest BCUT2D eigenvalue weighted by atomic mass is 32.2. The lowest BCUT2D eigenvalue weighted by molar-refractivity contribution is 0.0768. The zero-order valence-corrected chi connectivity index (χ0v) is 8.41. The van der Waals surface area contributed by atoms with Gasteiger partial charge in [-0.25, -0.2) is 4.31 Å². The Morgan fingerprint density at radius 3 is 2.18 bits per heavy atom. The van der Waals surface area contributed by atoms with Crippen molar-refractivity contribution in [2.24, 2.45) is 0 Å². The highest BCUT2D eigenvalue weighted by Gasteiger charge is 2.18. The molecule has 1 aliphatic rings. The minimum Gasteiger partial charge on any atom is -0.379 e. The minimum atomic E-state index is 0.345. The van der Waals surface area contributed by atoms with E-state index in [1.807, 2.05) is 11.9 Å². The summed E-state index contributed by atoms with van der Waals surface area (Å²) in [5, 5.41) is 0. The lowest BCUT2D eigenvalue weighted by Crippen LogP contribution is -2.34. The summed E-state index contributed by atoms with van der Waals surface area (Å²) in [6.07, 6.45) is 0. The molecule has 0 bridgehead atoms. The van der Waals surface area contributed by atoms with E-state index in [9.17, 15) is 0 Å². The number of hydrogen-bond acceptors (Lipinski definition) is 3. The summed E-state index contributed by atoms with van der Waals surface area (Å²) < 4.78 is 8.00. The van der Waals surface area contributed by atoms with Gasteiger partial charge in [-0.2, -0.15) is 0 Å². The first-order chi connectivity index (χ1) is 5.08. The molecule has 11 heavy (non-hydrogen) atoms. The van der Waals surface area contributed by atoms with Crippen LogP contribution in [0.5, 0.6) is 0 Å². The van der Waals surface area contributed by atoms with E-state index < -0.39 is 0 Å². The van der Waals surface area contributed by atoms with Gasteiger partial charge in [0.1, 0.15) is 0 Å². The molecule has 0 spiro atoms. The van der Waals surface area contributed by atoms with Gasteiger partial charge in [0.2, 0.25) is 0 Å². The van der Waals surface area contributed by atoms with E-state index in [0.717, 1.165) is 26.3 Å². The largest absolute Gasteiger partial charge is 0.379 e. The smallest absolute Gasteiger partial charge is 0.0603 e. The Hall–Kier alpha value is 0.270. The second-order valence-electron chi connectivity index (χ2n) is 3.75. The maximum Gasteiger partial charge on any atom is 0.0603 e. The van der Waals surface area contributed by atoms with E-state index >= 15 is 0 Å². The van der Waals surface area contributed by atoms with Crippen molar-refractivity contribution in [2.45, 2.75) is 25.5 Å². The lowest BCUT2D eigenvalue weighted by Gasteiger charge is -2.31. The normalized spacial score (nSPS) is 22.1. The number of hydrogen-bond donors (Lipinski definition) is 0. The van der Waals surface area contributed by atoms with Crippen molar-refractivity contribution in [3.8, 4) is 0 Å². The Balaban J connectivity index is 2.24. The van der Waals surface area contributed by atoms with Crippen molar-refractivity contribution in [3.05, 3.63) is 0 Å². The third-order valence-corrected chi connectivity index (χ3v) is 2.54. The maximum absolute atomic E-state index is 5.26. The van der Waals surface area contributed by atoms with Gasteiger partial charge in [0.15, 0.2) is 0 Å². The van der Waals surface area contributed by atoms with E-state index in [-0.39, 0.29) is 0 Å². The van der Waals surface area contributed by atoms with Crippen LogP contribution in [0.4, 0.5) is 0 Å². The Kier molecular flexibility index (Phi) is 3.22. The molecule has 0 aliphatic carbocycles. The van der Waals surface area contributed by atoms with Gasteiger partial charge < -0.3 is 4.74 Å². The minimum absolute atomic E-state index is 0.345. The Morgan fingerprint density at radius 1 is 1.18 bits per heavy atom. The van der Waals surface area contributed by atoms with Crippen LogP contribution in [-0.4, -0.2) is 35.4 Å². The average molecular weight is 175 g/mol. The van der Waals surface area contributed by atoms with Gasteiger partial charge in [-0.3, -0.25) is 0 Å². The molecule has 66 valence electrons. The van der Waals surface area contributed by atoms with E-state index in [0.29, 0.717) is 4.75 Å². The average Bonchev–Trinajstić information content (AvgIpc) is 1.85. The fourth-order valence-corrected chi connectivity index (χ4v) is 2.13. The van der Waals surface area contributed by atoms with Crippen LogP contribution in [-0.2, 0) is 4.74 Å². The summed E-state index contributed by atoms with van der Waals surface area (Å²) >= 11 is 1.93. The summed E-state index contributed by atoms with van der Waals surface area (Å²) in [6.45, 7) is 10.7. The molecule has 0 aromatic rings. The molecule has 1 saturated heterocycles. The fourth-order valence-electron chi connectivity index (χ4n) is 1.03. The van der Waals surface area contributed by atoms with Crippen LogP contribution in [0.3, 0.4) is 0 Å². The van der Waals surface area contributed by atoms with Gasteiger partial charge in [0.25, 0.3) is 0 Å². The highest BCUT2D eigenvalue weighted by molar-refractivity contribution is 7.98. The van der Waals surface area contributed by atoms with Crippen molar-refractivity contribution in [1.29, 1.82) is 0 Å². The number of ether oxygens (including phenoxy) is 1. The summed E-state index contributed by atoms with van der Waals surface area (Å²) in [7, 11) is 0. The molecular formula is C8H17NOS. The van der Waals surface area contributed by atoms with Crippen molar-refractivity contribution in [2.75, 3.05) is 26.3 Å². The van der Waals surface area contributed by atoms with E-state index in [4.69, 9.17) is 4.74 Å². The summed E-state index contributed by atoms with van der Waals surface area (Å²) in [5.41, 5.74) is 0. The van der Waals surface area contributed by atoms with Gasteiger partial charge in [-0.05, 0) is 20.8 Å². The Morgan fingerprint density at radius 2 is 1.73 bits per heavy atom. The summed E-state index contributed by atoms with van der Waals surface area (Å²) in [4.78, 5) is 0. The van der Waals surface area contributed by atoms with E-state index in [1.54, 1.807) is 0 Å².